The third-order valence-corrected chi connectivity index (χ3v) is 16.2. The minimum Gasteiger partial charge on any atom is -0.356 e. The molecule has 12 nitrogen and oxygen atoms in total. The van der Waals surface area contributed by atoms with E-state index < -0.39 is 31.1 Å². The Hall–Kier alpha value is -6.89. The number of benzene rings is 6. The van der Waals surface area contributed by atoms with Crippen LogP contribution in [0, 0.1) is 11.8 Å². The number of carbonyl (C=O) groups excluding carboxylic acids is 2. The zero-order valence-electron chi connectivity index (χ0n) is 41.7. The highest BCUT2D eigenvalue weighted by atomic mass is 32.2. The molecule has 0 spiro atoms. The molecule has 6 aromatic carbocycles. The maximum atomic E-state index is 13.7. The molecular formula is C59H61N4O8S2+. The van der Waals surface area contributed by atoms with Gasteiger partial charge in [-0.3, -0.25) is 18.7 Å². The maximum absolute atomic E-state index is 13.7. The standard InChI is InChI=1S/C59H60N4O8S2/c1-58(2)52(62(37-14-15-38-72(66,67)68)50-32-28-42-18-9-11-21-47(42)56(50)58)23-16-24-53-59(3,4)57-48-31-30-46(73(69,70)71)39-44(48)29-33-51(57)61(53)36-13-5-6-25-54(64)60-35-34-55(65)63-40-45-20-8-7-17-41(45)26-27-43-19-10-12-22-49(43)63/h7-12,16-24,28-33,39H,5-6,13-15,25,34-38,40H2,1-4H3,(H2-,60,64,66,67,68,69,70,71)/p+1. The number of carbonyl (C=O) groups is 2. The van der Waals surface area contributed by atoms with Crippen molar-refractivity contribution in [1.82, 2.24) is 5.32 Å². The Balaban J connectivity index is 0.920. The number of unbranched alkanes of at least 4 members (excludes halogenated alkanes) is 3. The molecule has 0 bridgehead atoms. The third-order valence-electron chi connectivity index (χ3n) is 14.5. The van der Waals surface area contributed by atoms with Gasteiger partial charge in [0.2, 0.25) is 17.5 Å². The first-order valence-corrected chi connectivity index (χ1v) is 28.0. The summed E-state index contributed by atoms with van der Waals surface area (Å²) in [7, 11) is -8.51. The Morgan fingerprint density at radius 1 is 0.712 bits per heavy atom. The molecule has 0 unspecified atom stereocenters. The van der Waals surface area contributed by atoms with E-state index in [1.807, 2.05) is 72.8 Å². The number of nitrogens with one attached hydrogen (secondary N) is 1. The van der Waals surface area contributed by atoms with Crippen LogP contribution in [-0.2, 0) is 47.2 Å². The van der Waals surface area contributed by atoms with Crippen LogP contribution < -0.4 is 15.1 Å². The Morgan fingerprint density at radius 2 is 1.42 bits per heavy atom. The molecule has 0 atom stereocenters. The molecule has 3 N–H and O–H groups in total. The van der Waals surface area contributed by atoms with Gasteiger partial charge in [0.05, 0.1) is 28.3 Å². The molecule has 14 heteroatoms. The smallest absolute Gasteiger partial charge is 0.294 e. The lowest BCUT2D eigenvalue weighted by atomic mass is 9.79. The molecule has 0 aliphatic carbocycles. The molecule has 0 fully saturated rings. The molecule has 3 aliphatic rings. The topological polar surface area (TPSA) is 164 Å². The molecule has 2 amide bonds. The first-order valence-electron chi connectivity index (χ1n) is 24.9. The van der Waals surface area contributed by atoms with Crippen molar-refractivity contribution in [2.24, 2.45) is 0 Å². The van der Waals surface area contributed by atoms with Gasteiger partial charge in [0, 0.05) is 78.0 Å². The van der Waals surface area contributed by atoms with Crippen LogP contribution >= 0.6 is 0 Å². The number of hydrogen-bond donors (Lipinski definition) is 3. The molecule has 0 saturated heterocycles. The number of fused-ring (bicyclic) bond motifs is 8. The summed E-state index contributed by atoms with van der Waals surface area (Å²) in [6.07, 6.45) is 9.88. The van der Waals surface area contributed by atoms with Gasteiger partial charge in [0.1, 0.15) is 6.54 Å². The van der Waals surface area contributed by atoms with Crippen molar-refractivity contribution in [2.75, 3.05) is 35.2 Å². The van der Waals surface area contributed by atoms with E-state index in [1.54, 1.807) is 11.0 Å². The van der Waals surface area contributed by atoms with Crippen molar-refractivity contribution in [2.45, 2.75) is 94.9 Å². The van der Waals surface area contributed by atoms with Gasteiger partial charge in [-0.15, -0.1) is 0 Å². The maximum Gasteiger partial charge on any atom is 0.294 e. The lowest BCUT2D eigenvalue weighted by Gasteiger charge is -2.27. The van der Waals surface area contributed by atoms with Gasteiger partial charge in [-0.2, -0.15) is 21.4 Å². The fourth-order valence-corrected chi connectivity index (χ4v) is 12.1. The number of rotatable bonds is 17. The van der Waals surface area contributed by atoms with Crippen molar-refractivity contribution < 1.29 is 40.1 Å². The monoisotopic (exact) mass is 1020 g/mol. The number of amides is 2. The van der Waals surface area contributed by atoms with E-state index in [0.29, 0.717) is 50.7 Å². The Labute approximate surface area is 428 Å². The number of allylic oxidation sites excluding steroid dienone is 4. The minimum absolute atomic E-state index is 0.0965. The van der Waals surface area contributed by atoms with Crippen LogP contribution in [0.5, 0.6) is 0 Å². The normalized spacial score (nSPS) is 16.2. The summed E-state index contributed by atoms with van der Waals surface area (Å²) in [6.45, 7) is 10.5. The Kier molecular flexibility index (Phi) is 14.4. The van der Waals surface area contributed by atoms with Gasteiger partial charge in [-0.1, -0.05) is 105 Å². The van der Waals surface area contributed by atoms with Gasteiger partial charge >= 0.3 is 0 Å². The van der Waals surface area contributed by atoms with E-state index in [1.165, 1.54) is 17.7 Å². The van der Waals surface area contributed by atoms with Crippen molar-refractivity contribution in [3.8, 4) is 11.8 Å². The molecule has 3 heterocycles. The SMILES string of the molecule is CC1(C)C(=CC=CC2=[N+](CCCCS(=O)(=O)O)c3ccc4ccccc4c3C2(C)C)N(CCCCCC(=O)NCCC(=O)N2Cc3ccccc3C#Cc3ccccc32)c2ccc3cc(S(=O)(=O)O)ccc3c21. The number of anilines is 2. The summed E-state index contributed by atoms with van der Waals surface area (Å²) in [6, 6.07) is 36.6. The van der Waals surface area contributed by atoms with Crippen LogP contribution in [0.4, 0.5) is 17.1 Å². The van der Waals surface area contributed by atoms with E-state index in [2.05, 4.69) is 96.8 Å². The molecule has 73 heavy (non-hydrogen) atoms. The van der Waals surface area contributed by atoms with Crippen LogP contribution in [0.15, 0.2) is 144 Å². The molecule has 9 rings (SSSR count). The van der Waals surface area contributed by atoms with Gasteiger partial charge < -0.3 is 15.1 Å². The van der Waals surface area contributed by atoms with Crippen LogP contribution in [0.1, 0.15) is 100 Å². The van der Waals surface area contributed by atoms with Crippen LogP contribution in [0.3, 0.4) is 0 Å². The lowest BCUT2D eigenvalue weighted by Crippen LogP contribution is -2.35. The predicted molar refractivity (Wildman–Crippen MR) is 290 cm³/mol. The van der Waals surface area contributed by atoms with Gasteiger partial charge in [0.25, 0.3) is 20.2 Å². The first kappa shape index (κ1) is 51.0. The summed E-state index contributed by atoms with van der Waals surface area (Å²) in [5.41, 5.74) is 8.78. The molecular weight excluding hydrogens is 957 g/mol. The van der Waals surface area contributed by atoms with E-state index >= 15 is 0 Å². The number of para-hydroxylation sites is 1. The van der Waals surface area contributed by atoms with Crippen molar-refractivity contribution in [3.63, 3.8) is 0 Å². The van der Waals surface area contributed by atoms with Gasteiger partial charge in [-0.05, 0) is 114 Å². The summed E-state index contributed by atoms with van der Waals surface area (Å²) < 4.78 is 69.3. The molecule has 0 radical (unpaired) electrons. The van der Waals surface area contributed by atoms with E-state index in [-0.39, 0.29) is 35.4 Å². The van der Waals surface area contributed by atoms with E-state index in [9.17, 15) is 35.5 Å². The first-order chi connectivity index (χ1) is 34.8. The van der Waals surface area contributed by atoms with Crippen molar-refractivity contribution in [1.29, 1.82) is 0 Å². The summed E-state index contributed by atoms with van der Waals surface area (Å²) in [5, 5.41) is 6.82. The highest BCUT2D eigenvalue weighted by Crippen LogP contribution is 2.51. The predicted octanol–water partition coefficient (Wildman–Crippen LogP) is 10.5. The summed E-state index contributed by atoms with van der Waals surface area (Å²) in [4.78, 5) is 30.8. The minimum atomic E-state index is -4.42. The van der Waals surface area contributed by atoms with Crippen LogP contribution in [0.25, 0.3) is 21.5 Å². The van der Waals surface area contributed by atoms with Gasteiger partial charge in [0.15, 0.2) is 5.71 Å². The molecule has 376 valence electrons. The summed E-state index contributed by atoms with van der Waals surface area (Å²) >= 11 is 0. The largest absolute Gasteiger partial charge is 0.356 e. The second-order valence-corrected chi connectivity index (χ2v) is 23.1. The van der Waals surface area contributed by atoms with Gasteiger partial charge in [-0.25, -0.2) is 0 Å². The highest BCUT2D eigenvalue weighted by molar-refractivity contribution is 7.86. The van der Waals surface area contributed by atoms with Crippen molar-refractivity contribution in [3.05, 3.63) is 167 Å². The summed E-state index contributed by atoms with van der Waals surface area (Å²) in [5.74, 6) is 5.96. The Bertz CT molecular complexity index is 3580. The van der Waals surface area contributed by atoms with E-state index in [0.717, 1.165) is 79.7 Å². The lowest BCUT2D eigenvalue weighted by molar-refractivity contribution is -0.438. The zero-order chi connectivity index (χ0) is 51.7. The molecule has 0 aromatic heterocycles. The number of hydrogen-bond acceptors (Lipinski definition) is 7. The number of nitrogens with zero attached hydrogens (tertiary/aromatic N) is 3. The second kappa shape index (κ2) is 20.6. The second-order valence-electron chi connectivity index (χ2n) is 20.2. The fraction of sp³-hybridized carbons (Fsp3) is 0.305. The van der Waals surface area contributed by atoms with Crippen LogP contribution in [-0.4, -0.2) is 73.4 Å². The quantitative estimate of drug-likeness (QED) is 0.0349. The molecule has 3 aliphatic heterocycles. The zero-order valence-corrected chi connectivity index (χ0v) is 43.3. The molecule has 6 aromatic rings. The van der Waals surface area contributed by atoms with E-state index in [4.69, 9.17) is 0 Å². The third kappa shape index (κ3) is 10.6. The van der Waals surface area contributed by atoms with Crippen molar-refractivity contribution >= 4 is 76.4 Å². The Morgan fingerprint density at radius 3 is 2.22 bits per heavy atom. The van der Waals surface area contributed by atoms with Crippen LogP contribution in [0.2, 0.25) is 0 Å². The average Bonchev–Trinajstić information content (AvgIpc) is 3.70. The molecule has 0 saturated carbocycles. The average molecular weight is 1020 g/mol. The fourth-order valence-electron chi connectivity index (χ4n) is 11.0. The highest BCUT2D eigenvalue weighted by Gasteiger charge is 2.46.